The molecule has 220 valence electrons. The first-order valence-electron chi connectivity index (χ1n) is 15.5. The first-order valence-corrected chi connectivity index (χ1v) is 21.3. The van der Waals surface area contributed by atoms with Gasteiger partial charge in [-0.25, -0.2) is 4.79 Å². The lowest BCUT2D eigenvalue weighted by atomic mass is 9.60. The van der Waals surface area contributed by atoms with Crippen molar-refractivity contribution in [2.75, 3.05) is 13.2 Å². The van der Waals surface area contributed by atoms with Gasteiger partial charge in [-0.15, -0.1) is 0 Å². The molecule has 3 fully saturated rings. The van der Waals surface area contributed by atoms with Gasteiger partial charge >= 0.3 is 5.97 Å². The van der Waals surface area contributed by atoms with Crippen molar-refractivity contribution < 1.29 is 18.4 Å². The third kappa shape index (κ3) is 6.39. The lowest BCUT2D eigenvalue weighted by Crippen LogP contribution is -2.50. The van der Waals surface area contributed by atoms with Crippen LogP contribution in [0.2, 0.25) is 36.3 Å². The van der Waals surface area contributed by atoms with Gasteiger partial charge in [-0.1, -0.05) is 61.0 Å². The molecule has 38 heavy (non-hydrogen) atoms. The predicted molar refractivity (Wildman–Crippen MR) is 164 cm³/mol. The summed E-state index contributed by atoms with van der Waals surface area (Å²) in [6.07, 6.45) is 12.9. The van der Waals surface area contributed by atoms with Crippen molar-refractivity contribution in [1.29, 1.82) is 0 Å². The Hall–Kier alpha value is -0.436. The maximum Gasteiger partial charge on any atom is 0.330 e. The second kappa shape index (κ2) is 11.1. The van der Waals surface area contributed by atoms with Crippen LogP contribution < -0.4 is 0 Å². The fourth-order valence-electron chi connectivity index (χ4n) is 7.33. The summed E-state index contributed by atoms with van der Waals surface area (Å²) in [5.41, 5.74) is 0.530. The van der Waals surface area contributed by atoms with Crippen LogP contribution in [0, 0.1) is 28.6 Å². The molecular weight excluding hydrogens is 505 g/mol. The number of hydrogen-bond donors (Lipinski definition) is 0. The van der Waals surface area contributed by atoms with Gasteiger partial charge in [0.25, 0.3) is 0 Å². The summed E-state index contributed by atoms with van der Waals surface area (Å²) in [7, 11) is -3.62. The molecule has 0 aromatic carbocycles. The number of carbonyl (C=O) groups is 1. The van der Waals surface area contributed by atoms with Crippen LogP contribution in [0.15, 0.2) is 12.2 Å². The van der Waals surface area contributed by atoms with E-state index in [1.807, 2.05) is 6.92 Å². The smallest absolute Gasteiger partial charge is 0.330 e. The Balaban J connectivity index is 1.83. The number of fused-ring (bicyclic) bond motifs is 1. The normalized spacial score (nSPS) is 34.4. The summed E-state index contributed by atoms with van der Waals surface area (Å²) in [6, 6.07) is 0. The molecule has 0 spiro atoms. The minimum atomic E-state index is -1.82. The lowest BCUT2D eigenvalue weighted by molar-refractivity contribution is -0.137. The van der Waals surface area contributed by atoms with E-state index in [2.05, 4.69) is 80.7 Å². The number of ether oxygens (including phenoxy) is 1. The molecule has 4 nitrogen and oxygen atoms in total. The van der Waals surface area contributed by atoms with E-state index >= 15 is 0 Å². The van der Waals surface area contributed by atoms with E-state index in [0.717, 1.165) is 13.0 Å². The molecule has 0 aliphatic heterocycles. The lowest BCUT2D eigenvalue weighted by Gasteiger charge is -2.50. The van der Waals surface area contributed by atoms with E-state index in [1.54, 1.807) is 6.08 Å². The fraction of sp³-hybridized carbons (Fsp3) is 0.906. The topological polar surface area (TPSA) is 44.8 Å². The Labute approximate surface area is 237 Å². The van der Waals surface area contributed by atoms with E-state index in [0.29, 0.717) is 35.9 Å². The van der Waals surface area contributed by atoms with Crippen LogP contribution in [0.5, 0.6) is 0 Å². The minimum Gasteiger partial charge on any atom is -0.463 e. The average molecular weight is 565 g/mol. The highest BCUT2D eigenvalue weighted by Crippen LogP contribution is 2.72. The summed E-state index contributed by atoms with van der Waals surface area (Å²) in [5, 5.41) is 0.454. The number of carbonyl (C=O) groups excluding carboxylic acids is 1. The number of rotatable bonds is 10. The molecule has 0 bridgehead atoms. The second-order valence-electron chi connectivity index (χ2n) is 16.1. The standard InChI is InChI=1S/C32H60O4Si2/c1-13-34-28(33)19-16-24-23-32(24,21-22-35-37(9,10)29(2,3)4)27-18-17-25-26(15-14-20-31(25,27)8)36-38(11,12)30(5,6)7/h16,19,24-27H,13-15,17-18,20-23H2,1-12H3/b19-16+/t24?,25?,26-,27?,31-,32?/m0/s1. The molecule has 0 saturated heterocycles. The molecule has 0 aromatic rings. The van der Waals surface area contributed by atoms with Crippen molar-refractivity contribution in [1.82, 2.24) is 0 Å². The Morgan fingerprint density at radius 2 is 1.61 bits per heavy atom. The van der Waals surface area contributed by atoms with E-state index in [9.17, 15) is 4.79 Å². The average Bonchev–Trinajstić information content (AvgIpc) is 3.33. The minimum absolute atomic E-state index is 0.207. The van der Waals surface area contributed by atoms with Gasteiger partial charge in [0, 0.05) is 18.8 Å². The Bertz CT molecular complexity index is 868. The fourth-order valence-corrected chi connectivity index (χ4v) is 9.77. The van der Waals surface area contributed by atoms with Crippen LogP contribution in [-0.2, 0) is 18.4 Å². The van der Waals surface area contributed by atoms with E-state index in [1.165, 1.54) is 38.5 Å². The van der Waals surface area contributed by atoms with Gasteiger partial charge in [-0.05, 0) is 110 Å². The van der Waals surface area contributed by atoms with Crippen LogP contribution in [0.4, 0.5) is 0 Å². The van der Waals surface area contributed by atoms with Crippen molar-refractivity contribution in [3.8, 4) is 0 Å². The molecule has 4 unspecified atom stereocenters. The molecule has 3 aliphatic rings. The molecule has 3 saturated carbocycles. The third-order valence-electron chi connectivity index (χ3n) is 11.8. The second-order valence-corrected chi connectivity index (χ2v) is 25.6. The van der Waals surface area contributed by atoms with Crippen LogP contribution in [0.3, 0.4) is 0 Å². The van der Waals surface area contributed by atoms with Gasteiger partial charge in [0.05, 0.1) is 6.61 Å². The van der Waals surface area contributed by atoms with Crippen molar-refractivity contribution in [2.24, 2.45) is 28.6 Å². The predicted octanol–water partition coefficient (Wildman–Crippen LogP) is 9.13. The molecule has 3 rings (SSSR count). The van der Waals surface area contributed by atoms with Crippen molar-refractivity contribution in [3.63, 3.8) is 0 Å². The number of hydrogen-bond acceptors (Lipinski definition) is 4. The van der Waals surface area contributed by atoms with Gasteiger partial charge in [0.1, 0.15) is 0 Å². The molecule has 0 radical (unpaired) electrons. The summed E-state index contributed by atoms with van der Waals surface area (Å²) in [6.45, 7) is 29.3. The van der Waals surface area contributed by atoms with Crippen LogP contribution in [-0.4, -0.2) is 41.9 Å². The van der Waals surface area contributed by atoms with E-state index < -0.39 is 16.6 Å². The first-order chi connectivity index (χ1) is 17.3. The molecule has 0 aromatic heterocycles. The van der Waals surface area contributed by atoms with E-state index in [4.69, 9.17) is 13.6 Å². The largest absolute Gasteiger partial charge is 0.463 e. The third-order valence-corrected chi connectivity index (χ3v) is 20.8. The van der Waals surface area contributed by atoms with Crippen LogP contribution >= 0.6 is 0 Å². The maximum atomic E-state index is 12.2. The zero-order valence-electron chi connectivity index (χ0n) is 27.0. The summed E-state index contributed by atoms with van der Waals surface area (Å²) < 4.78 is 19.1. The quantitative estimate of drug-likeness (QED) is 0.151. The Kier molecular flexibility index (Phi) is 9.37. The molecule has 6 heteroatoms. The Morgan fingerprint density at radius 3 is 2.18 bits per heavy atom. The number of allylic oxidation sites excluding steroid dienone is 1. The highest BCUT2D eigenvalue weighted by Gasteiger charge is 2.66. The summed E-state index contributed by atoms with van der Waals surface area (Å²) in [5.74, 6) is 1.54. The van der Waals surface area contributed by atoms with Gasteiger partial charge in [0.2, 0.25) is 0 Å². The van der Waals surface area contributed by atoms with Crippen LogP contribution in [0.25, 0.3) is 0 Å². The van der Waals surface area contributed by atoms with Gasteiger partial charge < -0.3 is 13.6 Å². The molecule has 0 amide bonds. The SMILES string of the molecule is CCOC(=O)/C=C/C1CC1(CCO[Si](C)(C)C(C)(C)C)C1CCC2[C@@H](O[Si](C)(C)C(C)(C)C)CCC[C@@]21C. The molecule has 6 atom stereocenters. The van der Waals surface area contributed by atoms with Crippen molar-refractivity contribution in [2.45, 2.75) is 143 Å². The maximum absolute atomic E-state index is 12.2. The molecule has 0 heterocycles. The summed E-state index contributed by atoms with van der Waals surface area (Å²) in [4.78, 5) is 12.2. The number of esters is 1. The van der Waals surface area contributed by atoms with Gasteiger partial charge in [0.15, 0.2) is 16.6 Å². The van der Waals surface area contributed by atoms with Crippen LogP contribution in [0.1, 0.15) is 100 Å². The van der Waals surface area contributed by atoms with Crippen molar-refractivity contribution >= 4 is 22.6 Å². The molecular formula is C32H60O4Si2. The van der Waals surface area contributed by atoms with Gasteiger partial charge in [-0.3, -0.25) is 0 Å². The highest BCUT2D eigenvalue weighted by molar-refractivity contribution is 6.74. The van der Waals surface area contributed by atoms with E-state index in [-0.39, 0.29) is 21.5 Å². The zero-order chi connectivity index (χ0) is 28.8. The first kappa shape index (κ1) is 32.1. The molecule has 3 aliphatic carbocycles. The monoisotopic (exact) mass is 564 g/mol. The Morgan fingerprint density at radius 1 is 0.974 bits per heavy atom. The van der Waals surface area contributed by atoms with Gasteiger partial charge in [-0.2, -0.15) is 0 Å². The van der Waals surface area contributed by atoms with Crippen molar-refractivity contribution in [3.05, 3.63) is 12.2 Å². The molecule has 0 N–H and O–H groups in total. The summed E-state index contributed by atoms with van der Waals surface area (Å²) >= 11 is 0. The zero-order valence-corrected chi connectivity index (χ0v) is 29.0. The highest BCUT2D eigenvalue weighted by atomic mass is 28.4.